The van der Waals surface area contributed by atoms with E-state index in [0.29, 0.717) is 0 Å². The first-order valence-corrected chi connectivity index (χ1v) is 11.9. The van der Waals surface area contributed by atoms with Crippen molar-refractivity contribution in [2.24, 2.45) is 0 Å². The highest BCUT2D eigenvalue weighted by Crippen LogP contribution is 2.14. The third kappa shape index (κ3) is 14.3. The van der Waals surface area contributed by atoms with E-state index in [1.807, 2.05) is 7.05 Å². The lowest BCUT2D eigenvalue weighted by molar-refractivity contribution is 0.358. The number of aliphatic hydroxyl groups excluding tert-OH is 1. The predicted octanol–water partition coefficient (Wildman–Crippen LogP) is 6.68. The molecule has 0 aliphatic rings. The predicted molar refractivity (Wildman–Crippen MR) is 134 cm³/mol. The smallest absolute Gasteiger partial charge is 0.108 e. The molecule has 0 aromatic carbocycles. The standard InChI is InChI=1S/C25H44N2OS/c1-9-24(26-8)22(6)27-25(23(7)28)18-29-17-16-21(5)15-11-14-20(4)13-10-12-19(2)3/h12,14,16,24-28H,6-7,9-11,13,15,17-18H2,1-5,8H3/b20-14+,21-16+. The van der Waals surface area contributed by atoms with Crippen molar-refractivity contribution >= 4 is 11.8 Å². The van der Waals surface area contributed by atoms with Crippen molar-refractivity contribution in [3.63, 3.8) is 0 Å². The first-order valence-electron chi connectivity index (χ1n) is 10.7. The van der Waals surface area contributed by atoms with Gasteiger partial charge in [-0.15, -0.1) is 0 Å². The molecule has 0 saturated heterocycles. The van der Waals surface area contributed by atoms with Gasteiger partial charge in [-0.25, -0.2) is 0 Å². The quantitative estimate of drug-likeness (QED) is 0.148. The van der Waals surface area contributed by atoms with Crippen molar-refractivity contribution in [2.75, 3.05) is 18.6 Å². The molecule has 0 fully saturated rings. The summed E-state index contributed by atoms with van der Waals surface area (Å²) in [6, 6.07) is 0.0255. The number of thioether (sulfide) groups is 1. The number of hydrogen-bond acceptors (Lipinski definition) is 4. The van der Waals surface area contributed by atoms with Gasteiger partial charge in [-0.2, -0.15) is 11.8 Å². The van der Waals surface area contributed by atoms with Gasteiger partial charge in [0, 0.05) is 23.2 Å². The fourth-order valence-corrected chi connectivity index (χ4v) is 3.95. The molecule has 29 heavy (non-hydrogen) atoms. The topological polar surface area (TPSA) is 44.3 Å². The molecule has 166 valence electrons. The summed E-state index contributed by atoms with van der Waals surface area (Å²) in [5, 5.41) is 16.4. The molecule has 0 saturated carbocycles. The molecule has 4 heteroatoms. The van der Waals surface area contributed by atoms with Gasteiger partial charge in [0.05, 0.1) is 6.04 Å². The van der Waals surface area contributed by atoms with E-state index < -0.39 is 0 Å². The van der Waals surface area contributed by atoms with E-state index in [1.165, 1.54) is 16.7 Å². The summed E-state index contributed by atoms with van der Waals surface area (Å²) in [7, 11) is 1.92. The van der Waals surface area contributed by atoms with E-state index >= 15 is 0 Å². The third-order valence-corrected chi connectivity index (χ3v) is 5.87. The Balaban J connectivity index is 4.28. The number of hydrogen-bond donors (Lipinski definition) is 3. The lowest BCUT2D eigenvalue weighted by atomic mass is 10.1. The van der Waals surface area contributed by atoms with Crippen LogP contribution in [0.2, 0.25) is 0 Å². The SMILES string of the molecule is C=C(O)C(CSC/C=C(\C)CC/C=C(\C)CCC=C(C)C)NC(=C)C(CC)NC. The van der Waals surface area contributed by atoms with Crippen LogP contribution >= 0.6 is 11.8 Å². The van der Waals surface area contributed by atoms with Gasteiger partial charge in [0.25, 0.3) is 0 Å². The molecule has 0 aromatic rings. The minimum atomic E-state index is -0.171. The molecule has 3 N–H and O–H groups in total. The number of aliphatic hydroxyl groups is 1. The molecule has 0 spiro atoms. The van der Waals surface area contributed by atoms with E-state index in [9.17, 15) is 5.11 Å². The monoisotopic (exact) mass is 420 g/mol. The van der Waals surface area contributed by atoms with Gasteiger partial charge in [-0.05, 0) is 66.8 Å². The maximum absolute atomic E-state index is 9.90. The Morgan fingerprint density at radius 2 is 1.55 bits per heavy atom. The minimum absolute atomic E-state index is 0.166. The van der Waals surface area contributed by atoms with E-state index in [-0.39, 0.29) is 17.8 Å². The van der Waals surface area contributed by atoms with Gasteiger partial charge in [-0.3, -0.25) is 0 Å². The van der Waals surface area contributed by atoms with E-state index in [0.717, 1.165) is 49.3 Å². The lowest BCUT2D eigenvalue weighted by Gasteiger charge is -2.24. The first-order chi connectivity index (χ1) is 13.7. The Bertz CT molecular complexity index is 582. The van der Waals surface area contributed by atoms with Crippen molar-refractivity contribution in [3.8, 4) is 0 Å². The van der Waals surface area contributed by atoms with Gasteiger partial charge >= 0.3 is 0 Å². The Labute approximate surface area is 184 Å². The highest BCUT2D eigenvalue weighted by atomic mass is 32.2. The summed E-state index contributed by atoms with van der Waals surface area (Å²) in [5.74, 6) is 1.87. The maximum atomic E-state index is 9.90. The second kappa shape index (κ2) is 16.4. The maximum Gasteiger partial charge on any atom is 0.108 e. The number of likely N-dealkylation sites (N-methyl/N-ethyl adjacent to an activating group) is 1. The van der Waals surface area contributed by atoms with Gasteiger partial charge < -0.3 is 15.7 Å². The summed E-state index contributed by atoms with van der Waals surface area (Å²) in [4.78, 5) is 0. The first kappa shape index (κ1) is 27.6. The largest absolute Gasteiger partial charge is 0.511 e. The molecule has 0 rings (SSSR count). The number of allylic oxidation sites excluding steroid dienone is 5. The number of nitrogens with one attached hydrogen (secondary N) is 2. The van der Waals surface area contributed by atoms with E-state index in [1.54, 1.807) is 11.8 Å². The second-order valence-electron chi connectivity index (χ2n) is 7.96. The van der Waals surface area contributed by atoms with Crippen LogP contribution in [0.3, 0.4) is 0 Å². The zero-order valence-electron chi connectivity index (χ0n) is 19.6. The van der Waals surface area contributed by atoms with E-state index in [4.69, 9.17) is 0 Å². The Hall–Kier alpha value is -1.39. The average molecular weight is 421 g/mol. The highest BCUT2D eigenvalue weighted by molar-refractivity contribution is 7.99. The fourth-order valence-electron chi connectivity index (χ4n) is 2.90. The van der Waals surface area contributed by atoms with Crippen LogP contribution in [0.5, 0.6) is 0 Å². The molecule has 0 amide bonds. The summed E-state index contributed by atoms with van der Waals surface area (Å²) < 4.78 is 0. The molecule has 0 aromatic heterocycles. The molecule has 0 bridgehead atoms. The molecule has 3 nitrogen and oxygen atoms in total. The zero-order valence-corrected chi connectivity index (χ0v) is 20.4. The highest BCUT2D eigenvalue weighted by Gasteiger charge is 2.16. The van der Waals surface area contributed by atoms with Crippen molar-refractivity contribution < 1.29 is 5.11 Å². The van der Waals surface area contributed by atoms with Crippen LogP contribution in [0, 0.1) is 0 Å². The van der Waals surface area contributed by atoms with Crippen LogP contribution in [-0.4, -0.2) is 35.7 Å². The molecule has 2 atom stereocenters. The molecule has 2 unspecified atom stereocenters. The third-order valence-electron chi connectivity index (χ3n) is 4.90. The second-order valence-corrected chi connectivity index (χ2v) is 9.04. The van der Waals surface area contributed by atoms with Crippen LogP contribution in [0.25, 0.3) is 0 Å². The van der Waals surface area contributed by atoms with Crippen LogP contribution in [0.1, 0.15) is 66.7 Å². The molecular weight excluding hydrogens is 376 g/mol. The minimum Gasteiger partial charge on any atom is -0.511 e. The Morgan fingerprint density at radius 1 is 0.966 bits per heavy atom. The average Bonchev–Trinajstić information content (AvgIpc) is 2.64. The molecule has 0 radical (unpaired) electrons. The van der Waals surface area contributed by atoms with Crippen molar-refractivity contribution in [1.29, 1.82) is 0 Å². The summed E-state index contributed by atoms with van der Waals surface area (Å²) in [5.41, 5.74) is 5.19. The summed E-state index contributed by atoms with van der Waals surface area (Å²) >= 11 is 1.80. The van der Waals surface area contributed by atoms with E-state index in [2.05, 4.69) is 76.6 Å². The number of rotatable bonds is 16. The van der Waals surface area contributed by atoms with Crippen LogP contribution < -0.4 is 10.6 Å². The van der Waals surface area contributed by atoms with Gasteiger partial charge in [-0.1, -0.05) is 55.0 Å². The van der Waals surface area contributed by atoms with Gasteiger partial charge in [0.1, 0.15) is 5.76 Å². The molecular formula is C25H44N2OS. The Morgan fingerprint density at radius 3 is 2.07 bits per heavy atom. The Kier molecular flexibility index (Phi) is 15.6. The lowest BCUT2D eigenvalue weighted by Crippen LogP contribution is -2.40. The summed E-state index contributed by atoms with van der Waals surface area (Å²) in [6.07, 6.45) is 12.4. The van der Waals surface area contributed by atoms with Crippen LogP contribution in [0.15, 0.2) is 59.6 Å². The van der Waals surface area contributed by atoms with Crippen molar-refractivity contribution in [3.05, 3.63) is 59.6 Å². The fraction of sp³-hybridized carbons (Fsp3) is 0.600. The molecule has 0 aliphatic carbocycles. The van der Waals surface area contributed by atoms with Crippen LogP contribution in [0.4, 0.5) is 0 Å². The summed E-state index contributed by atoms with van der Waals surface area (Å²) in [6.45, 7) is 18.7. The molecule has 0 aliphatic heterocycles. The van der Waals surface area contributed by atoms with Gasteiger partial charge in [0.15, 0.2) is 0 Å². The van der Waals surface area contributed by atoms with Gasteiger partial charge in [0.2, 0.25) is 0 Å². The zero-order chi connectivity index (χ0) is 22.2. The molecule has 0 heterocycles. The van der Waals surface area contributed by atoms with Crippen molar-refractivity contribution in [1.82, 2.24) is 10.6 Å². The van der Waals surface area contributed by atoms with Crippen molar-refractivity contribution in [2.45, 2.75) is 78.8 Å². The van der Waals surface area contributed by atoms with Crippen LogP contribution in [-0.2, 0) is 0 Å². The normalized spacial score (nSPS) is 14.3.